The Kier molecular flexibility index (Phi) is 7.27. The average molecular weight is 485 g/mol. The number of methoxy groups -OCH3 is 1. The van der Waals surface area contributed by atoms with Gasteiger partial charge in [-0.05, 0) is 48.5 Å². The van der Waals surface area contributed by atoms with Gasteiger partial charge < -0.3 is 25.4 Å². The summed E-state index contributed by atoms with van der Waals surface area (Å²) in [5.74, 6) is -1.28. The summed E-state index contributed by atoms with van der Waals surface area (Å²) < 4.78 is 33.4. The van der Waals surface area contributed by atoms with Gasteiger partial charge in [0.2, 0.25) is 0 Å². The topological polar surface area (TPSA) is 137 Å². The van der Waals surface area contributed by atoms with Crippen molar-refractivity contribution in [2.75, 3.05) is 41.5 Å². The van der Waals surface area contributed by atoms with E-state index in [0.717, 1.165) is 11.8 Å². The van der Waals surface area contributed by atoms with E-state index >= 15 is 0 Å². The van der Waals surface area contributed by atoms with Crippen molar-refractivity contribution in [3.8, 4) is 5.75 Å². The number of carboxylic acid groups (broad SMARTS) is 1. The minimum Gasteiger partial charge on any atom is -0.495 e. The molecule has 34 heavy (non-hydrogen) atoms. The third kappa shape index (κ3) is 5.75. The van der Waals surface area contributed by atoms with Crippen LogP contribution in [0.25, 0.3) is 0 Å². The number of sulfonamides is 1. The molecule has 2 amide bonds. The summed E-state index contributed by atoms with van der Waals surface area (Å²) in [6, 6.07) is 16.4. The first-order chi connectivity index (χ1) is 16.1. The highest BCUT2D eigenvalue weighted by Crippen LogP contribution is 2.28. The summed E-state index contributed by atoms with van der Waals surface area (Å²) in [7, 11) is 0.804. The third-order valence-electron chi connectivity index (χ3n) is 4.71. The molecule has 0 fully saturated rings. The number of amides is 2. The third-order valence-corrected chi connectivity index (χ3v) is 6.11. The van der Waals surface area contributed by atoms with E-state index in [0.29, 0.717) is 11.4 Å². The van der Waals surface area contributed by atoms with Crippen molar-refractivity contribution >= 4 is 44.8 Å². The SMILES string of the molecule is COc1ccc(C(=O)O)cc1S(=O)(=O)Nc1cccc(NC(=O)Nc2ccccc2N(C)C)c1. The molecule has 178 valence electrons. The van der Waals surface area contributed by atoms with Crippen molar-refractivity contribution in [2.45, 2.75) is 4.90 Å². The molecule has 0 saturated carbocycles. The first-order valence-electron chi connectivity index (χ1n) is 9.99. The number of carbonyl (C=O) groups is 2. The summed E-state index contributed by atoms with van der Waals surface area (Å²) in [6.45, 7) is 0. The van der Waals surface area contributed by atoms with E-state index < -0.39 is 22.0 Å². The number of aromatic carboxylic acids is 1. The molecule has 3 aromatic carbocycles. The van der Waals surface area contributed by atoms with Gasteiger partial charge in [-0.25, -0.2) is 18.0 Å². The molecule has 4 N–H and O–H groups in total. The molecule has 0 spiro atoms. The van der Waals surface area contributed by atoms with Crippen molar-refractivity contribution < 1.29 is 27.9 Å². The number of urea groups is 1. The Hall–Kier alpha value is -4.25. The van der Waals surface area contributed by atoms with Gasteiger partial charge in [0.15, 0.2) is 0 Å². The number of benzene rings is 3. The van der Waals surface area contributed by atoms with Crippen LogP contribution in [0.1, 0.15) is 10.4 Å². The van der Waals surface area contributed by atoms with Gasteiger partial charge in [-0.3, -0.25) is 4.72 Å². The predicted molar refractivity (Wildman–Crippen MR) is 131 cm³/mol. The normalized spacial score (nSPS) is 10.8. The summed E-state index contributed by atoms with van der Waals surface area (Å²) in [6.07, 6.45) is 0. The van der Waals surface area contributed by atoms with Gasteiger partial charge in [-0.2, -0.15) is 0 Å². The van der Waals surface area contributed by atoms with Gasteiger partial charge in [0.25, 0.3) is 10.0 Å². The second-order valence-corrected chi connectivity index (χ2v) is 9.00. The lowest BCUT2D eigenvalue weighted by molar-refractivity contribution is 0.0696. The number of carboxylic acids is 1. The van der Waals surface area contributed by atoms with Crippen LogP contribution in [0.2, 0.25) is 0 Å². The molecular weight excluding hydrogens is 460 g/mol. The number of anilines is 4. The number of carbonyl (C=O) groups excluding carboxylic acids is 1. The average Bonchev–Trinajstić information content (AvgIpc) is 2.78. The molecule has 0 bridgehead atoms. The molecule has 0 radical (unpaired) electrons. The Bertz CT molecular complexity index is 1320. The molecular formula is C23H24N4O6S. The van der Waals surface area contributed by atoms with Crippen LogP contribution in [0.4, 0.5) is 27.5 Å². The van der Waals surface area contributed by atoms with Crippen molar-refractivity contribution in [3.05, 3.63) is 72.3 Å². The Morgan fingerprint density at radius 3 is 2.29 bits per heavy atom. The molecule has 3 aromatic rings. The zero-order chi connectivity index (χ0) is 24.9. The van der Waals surface area contributed by atoms with Crippen LogP contribution in [0, 0.1) is 0 Å². The number of hydrogen-bond acceptors (Lipinski definition) is 6. The Morgan fingerprint density at radius 2 is 1.62 bits per heavy atom. The fourth-order valence-corrected chi connectivity index (χ4v) is 4.39. The minimum atomic E-state index is -4.19. The molecule has 0 aliphatic carbocycles. The van der Waals surface area contributed by atoms with E-state index in [-0.39, 0.29) is 21.9 Å². The van der Waals surface area contributed by atoms with Gasteiger partial charge in [0.05, 0.1) is 29.7 Å². The lowest BCUT2D eigenvalue weighted by Crippen LogP contribution is -2.21. The van der Waals surface area contributed by atoms with Crippen LogP contribution >= 0.6 is 0 Å². The molecule has 0 saturated heterocycles. The maximum atomic E-state index is 12.9. The zero-order valence-corrected chi connectivity index (χ0v) is 19.5. The van der Waals surface area contributed by atoms with Crippen LogP contribution in [0.3, 0.4) is 0 Å². The first-order valence-corrected chi connectivity index (χ1v) is 11.5. The standard InChI is InChI=1S/C23H24N4O6S/c1-27(2)19-10-5-4-9-18(19)25-23(30)24-16-7-6-8-17(14-16)26-34(31,32)21-13-15(22(28)29)11-12-20(21)33-3/h4-14,26H,1-3H3,(H,28,29)(H2,24,25,30). The smallest absolute Gasteiger partial charge is 0.335 e. The highest BCUT2D eigenvalue weighted by Gasteiger charge is 2.22. The zero-order valence-electron chi connectivity index (χ0n) is 18.7. The molecule has 0 heterocycles. The van der Waals surface area contributed by atoms with Crippen molar-refractivity contribution in [1.29, 1.82) is 0 Å². The number of ether oxygens (including phenoxy) is 1. The number of nitrogens with zero attached hydrogens (tertiary/aromatic N) is 1. The summed E-state index contributed by atoms with van der Waals surface area (Å²) >= 11 is 0. The lowest BCUT2D eigenvalue weighted by Gasteiger charge is -2.18. The number of rotatable bonds is 8. The Morgan fingerprint density at radius 1 is 0.912 bits per heavy atom. The maximum Gasteiger partial charge on any atom is 0.335 e. The van der Waals surface area contributed by atoms with Crippen molar-refractivity contribution in [3.63, 3.8) is 0 Å². The number of para-hydroxylation sites is 2. The van der Waals surface area contributed by atoms with Crippen LogP contribution < -0.4 is 25.0 Å². The van der Waals surface area contributed by atoms with E-state index in [4.69, 9.17) is 4.74 Å². The minimum absolute atomic E-state index is 0.00860. The molecule has 3 rings (SSSR count). The summed E-state index contributed by atoms with van der Waals surface area (Å²) in [5.41, 5.74) is 1.72. The molecule has 0 aliphatic rings. The van der Waals surface area contributed by atoms with Gasteiger partial charge in [-0.15, -0.1) is 0 Å². The van der Waals surface area contributed by atoms with Gasteiger partial charge in [0, 0.05) is 19.8 Å². The van der Waals surface area contributed by atoms with Crippen LogP contribution in [0.15, 0.2) is 71.6 Å². The monoisotopic (exact) mass is 484 g/mol. The molecule has 0 unspecified atom stereocenters. The van der Waals surface area contributed by atoms with E-state index in [1.807, 2.05) is 31.1 Å². The Labute approximate surface area is 197 Å². The molecule has 0 aromatic heterocycles. The van der Waals surface area contributed by atoms with E-state index in [1.165, 1.54) is 31.4 Å². The lowest BCUT2D eigenvalue weighted by atomic mass is 10.2. The highest BCUT2D eigenvalue weighted by atomic mass is 32.2. The highest BCUT2D eigenvalue weighted by molar-refractivity contribution is 7.92. The first kappa shape index (κ1) is 24.4. The van der Waals surface area contributed by atoms with E-state index in [2.05, 4.69) is 15.4 Å². The van der Waals surface area contributed by atoms with Crippen LogP contribution in [-0.4, -0.2) is 46.7 Å². The number of nitrogens with one attached hydrogen (secondary N) is 3. The van der Waals surface area contributed by atoms with Gasteiger partial charge in [0.1, 0.15) is 10.6 Å². The van der Waals surface area contributed by atoms with Crippen molar-refractivity contribution in [2.24, 2.45) is 0 Å². The van der Waals surface area contributed by atoms with E-state index in [9.17, 15) is 23.1 Å². The molecule has 0 atom stereocenters. The molecule has 10 nitrogen and oxygen atoms in total. The summed E-state index contributed by atoms with van der Waals surface area (Å²) in [5, 5.41) is 14.6. The fraction of sp³-hybridized carbons (Fsp3) is 0.130. The largest absolute Gasteiger partial charge is 0.495 e. The van der Waals surface area contributed by atoms with Gasteiger partial charge in [-0.1, -0.05) is 18.2 Å². The fourth-order valence-electron chi connectivity index (χ4n) is 3.14. The van der Waals surface area contributed by atoms with Crippen molar-refractivity contribution in [1.82, 2.24) is 0 Å². The molecule has 0 aliphatic heterocycles. The van der Waals surface area contributed by atoms with Crippen LogP contribution in [-0.2, 0) is 10.0 Å². The second kappa shape index (κ2) is 10.1. The van der Waals surface area contributed by atoms with E-state index in [1.54, 1.807) is 24.3 Å². The summed E-state index contributed by atoms with van der Waals surface area (Å²) in [4.78, 5) is 25.3. The Balaban J connectivity index is 1.79. The van der Waals surface area contributed by atoms with Gasteiger partial charge >= 0.3 is 12.0 Å². The maximum absolute atomic E-state index is 12.9. The quantitative estimate of drug-likeness (QED) is 0.380. The predicted octanol–water partition coefficient (Wildman–Crippen LogP) is 3.90. The number of hydrogen-bond donors (Lipinski definition) is 4. The van der Waals surface area contributed by atoms with Crippen LogP contribution in [0.5, 0.6) is 5.75 Å². The second-order valence-electron chi connectivity index (χ2n) is 7.35. The molecule has 11 heteroatoms.